The number of rotatable bonds is 5. The highest BCUT2D eigenvalue weighted by Gasteiger charge is 2.19. The van der Waals surface area contributed by atoms with Crippen molar-refractivity contribution in [1.82, 2.24) is 15.1 Å². The van der Waals surface area contributed by atoms with Crippen molar-refractivity contribution in [2.75, 3.05) is 6.54 Å². The summed E-state index contributed by atoms with van der Waals surface area (Å²) in [5.74, 6) is 0. The summed E-state index contributed by atoms with van der Waals surface area (Å²) < 4.78 is 2.99. The summed E-state index contributed by atoms with van der Waals surface area (Å²) in [6.45, 7) is 4.95. The van der Waals surface area contributed by atoms with E-state index in [0.717, 1.165) is 33.8 Å². The Morgan fingerprint density at radius 3 is 2.65 bits per heavy atom. The van der Waals surface area contributed by atoms with Crippen LogP contribution in [0.5, 0.6) is 0 Å². The van der Waals surface area contributed by atoms with Crippen LogP contribution in [0.1, 0.15) is 29.9 Å². The number of aromatic nitrogens is 2. The Morgan fingerprint density at radius 1 is 1.40 bits per heavy atom. The molecule has 0 amide bonds. The van der Waals surface area contributed by atoms with E-state index in [1.807, 2.05) is 24.7 Å². The smallest absolute Gasteiger partial charge is 0.0847 e. The average molecular weight is 357 g/mol. The van der Waals surface area contributed by atoms with E-state index in [4.69, 9.17) is 11.6 Å². The van der Waals surface area contributed by atoms with Gasteiger partial charge in [0.05, 0.1) is 16.4 Å². The van der Waals surface area contributed by atoms with Gasteiger partial charge in [0.25, 0.3) is 0 Å². The zero-order valence-electron chi connectivity index (χ0n) is 12.0. The molecule has 2 rings (SSSR count). The molecule has 5 heteroatoms. The van der Waals surface area contributed by atoms with E-state index in [0.29, 0.717) is 0 Å². The van der Waals surface area contributed by atoms with E-state index in [1.165, 1.54) is 5.56 Å². The van der Waals surface area contributed by atoms with Gasteiger partial charge >= 0.3 is 0 Å². The third kappa shape index (κ3) is 3.25. The minimum atomic E-state index is 0.211. The van der Waals surface area contributed by atoms with Gasteiger partial charge in [0.15, 0.2) is 0 Å². The van der Waals surface area contributed by atoms with Gasteiger partial charge in [-0.15, -0.1) is 0 Å². The molecule has 1 aromatic heterocycles. The van der Waals surface area contributed by atoms with Crippen LogP contribution < -0.4 is 5.32 Å². The number of likely N-dealkylation sites (N-methyl/N-ethyl adjacent to an activating group) is 1. The fraction of sp³-hybridized carbons (Fsp3) is 0.400. The van der Waals surface area contributed by atoms with Gasteiger partial charge in [-0.2, -0.15) is 5.10 Å². The van der Waals surface area contributed by atoms with Gasteiger partial charge in [0, 0.05) is 24.0 Å². The van der Waals surface area contributed by atoms with Crippen molar-refractivity contribution < 1.29 is 0 Å². The molecule has 0 saturated heterocycles. The number of nitrogens with zero attached hydrogens (tertiary/aromatic N) is 2. The summed E-state index contributed by atoms with van der Waals surface area (Å²) >= 11 is 9.99. The van der Waals surface area contributed by atoms with Crippen molar-refractivity contribution in [3.63, 3.8) is 0 Å². The second kappa shape index (κ2) is 6.74. The van der Waals surface area contributed by atoms with E-state index < -0.39 is 0 Å². The van der Waals surface area contributed by atoms with Crippen molar-refractivity contribution in [3.8, 4) is 0 Å². The molecule has 0 aliphatic carbocycles. The van der Waals surface area contributed by atoms with Crippen LogP contribution in [0.4, 0.5) is 0 Å². The number of hydrogen-bond acceptors (Lipinski definition) is 2. The lowest BCUT2D eigenvalue weighted by molar-refractivity contribution is 0.527. The summed E-state index contributed by atoms with van der Waals surface area (Å²) in [7, 11) is 1.94. The molecule has 0 spiro atoms. The maximum atomic E-state index is 6.36. The Balaban J connectivity index is 2.33. The standard InChI is InChI=1S/C15H19BrClN3/c1-4-18-13(11-7-5-6-8-12(11)16)9-14-15(17)10(2)19-20(14)3/h5-8,13,18H,4,9H2,1-3H3. The second-order valence-corrected chi connectivity index (χ2v) is 6.04. The lowest BCUT2D eigenvalue weighted by Gasteiger charge is -2.20. The van der Waals surface area contributed by atoms with Crippen LogP contribution in [-0.2, 0) is 13.5 Å². The van der Waals surface area contributed by atoms with E-state index in [9.17, 15) is 0 Å². The minimum Gasteiger partial charge on any atom is -0.310 e. The number of halogens is 2. The van der Waals surface area contributed by atoms with Gasteiger partial charge in [0.2, 0.25) is 0 Å². The Labute approximate surface area is 133 Å². The molecule has 108 valence electrons. The molecule has 0 aliphatic rings. The molecule has 0 saturated carbocycles. The topological polar surface area (TPSA) is 29.9 Å². The first kappa shape index (κ1) is 15.5. The molecule has 1 heterocycles. The molecule has 0 bridgehead atoms. The summed E-state index contributed by atoms with van der Waals surface area (Å²) in [6.07, 6.45) is 0.812. The van der Waals surface area contributed by atoms with Crippen LogP contribution in [0.25, 0.3) is 0 Å². The number of benzene rings is 1. The number of hydrogen-bond donors (Lipinski definition) is 1. The van der Waals surface area contributed by atoms with Gasteiger partial charge in [-0.05, 0) is 25.1 Å². The highest BCUT2D eigenvalue weighted by molar-refractivity contribution is 9.10. The molecule has 1 N–H and O–H groups in total. The minimum absolute atomic E-state index is 0.211. The third-order valence-electron chi connectivity index (χ3n) is 3.39. The quantitative estimate of drug-likeness (QED) is 0.876. The number of aryl methyl sites for hydroxylation is 2. The van der Waals surface area contributed by atoms with Crippen molar-refractivity contribution >= 4 is 27.5 Å². The van der Waals surface area contributed by atoms with E-state index >= 15 is 0 Å². The van der Waals surface area contributed by atoms with Crippen molar-refractivity contribution in [2.45, 2.75) is 26.3 Å². The first-order valence-electron chi connectivity index (χ1n) is 6.70. The number of nitrogens with one attached hydrogen (secondary N) is 1. The van der Waals surface area contributed by atoms with Gasteiger partial charge in [-0.25, -0.2) is 0 Å². The van der Waals surface area contributed by atoms with Gasteiger partial charge < -0.3 is 5.32 Å². The van der Waals surface area contributed by atoms with Gasteiger partial charge in [-0.1, -0.05) is 52.7 Å². The summed E-state index contributed by atoms with van der Waals surface area (Å²) in [5, 5.41) is 8.67. The molecule has 1 atom stereocenters. The lowest BCUT2D eigenvalue weighted by atomic mass is 10.0. The van der Waals surface area contributed by atoms with Crippen molar-refractivity contribution in [1.29, 1.82) is 0 Å². The van der Waals surface area contributed by atoms with Crippen LogP contribution in [0.2, 0.25) is 5.02 Å². The molecule has 20 heavy (non-hydrogen) atoms. The van der Waals surface area contributed by atoms with Crippen LogP contribution in [0.3, 0.4) is 0 Å². The summed E-state index contributed by atoms with van der Waals surface area (Å²) in [4.78, 5) is 0. The van der Waals surface area contributed by atoms with Crippen LogP contribution in [0.15, 0.2) is 28.7 Å². The maximum absolute atomic E-state index is 6.36. The second-order valence-electron chi connectivity index (χ2n) is 4.81. The predicted octanol–water partition coefficient (Wildman–Crippen LogP) is 4.04. The Morgan fingerprint density at radius 2 is 2.10 bits per heavy atom. The first-order valence-corrected chi connectivity index (χ1v) is 7.87. The largest absolute Gasteiger partial charge is 0.310 e. The third-order valence-corrected chi connectivity index (χ3v) is 4.60. The Bertz CT molecular complexity index is 595. The highest BCUT2D eigenvalue weighted by Crippen LogP contribution is 2.29. The zero-order valence-corrected chi connectivity index (χ0v) is 14.3. The van der Waals surface area contributed by atoms with E-state index in [1.54, 1.807) is 0 Å². The molecular formula is C15H19BrClN3. The fourth-order valence-electron chi connectivity index (χ4n) is 2.39. The van der Waals surface area contributed by atoms with Crippen LogP contribution in [-0.4, -0.2) is 16.3 Å². The summed E-state index contributed by atoms with van der Waals surface area (Å²) in [5.41, 5.74) is 3.18. The maximum Gasteiger partial charge on any atom is 0.0847 e. The first-order chi connectivity index (χ1) is 9.54. The van der Waals surface area contributed by atoms with E-state index in [-0.39, 0.29) is 6.04 Å². The molecule has 0 aliphatic heterocycles. The molecule has 3 nitrogen and oxygen atoms in total. The van der Waals surface area contributed by atoms with Gasteiger partial charge in [0.1, 0.15) is 0 Å². The monoisotopic (exact) mass is 355 g/mol. The Kier molecular flexibility index (Phi) is 5.24. The molecular weight excluding hydrogens is 338 g/mol. The SMILES string of the molecule is CCNC(Cc1c(Cl)c(C)nn1C)c1ccccc1Br. The van der Waals surface area contributed by atoms with Crippen LogP contribution >= 0.6 is 27.5 Å². The zero-order chi connectivity index (χ0) is 14.7. The summed E-state index contributed by atoms with van der Waals surface area (Å²) in [6, 6.07) is 8.49. The Hall–Kier alpha value is -0.840. The molecule has 0 radical (unpaired) electrons. The normalized spacial score (nSPS) is 12.7. The predicted molar refractivity (Wildman–Crippen MR) is 87.2 cm³/mol. The molecule has 2 aromatic rings. The lowest BCUT2D eigenvalue weighted by Crippen LogP contribution is -2.24. The van der Waals surface area contributed by atoms with Gasteiger partial charge in [-0.3, -0.25) is 4.68 Å². The molecule has 0 fully saturated rings. The molecule has 1 unspecified atom stereocenters. The fourth-order valence-corrected chi connectivity index (χ4v) is 3.19. The molecule has 1 aromatic carbocycles. The van der Waals surface area contributed by atoms with E-state index in [2.05, 4.69) is 51.5 Å². The average Bonchev–Trinajstić information content (AvgIpc) is 2.65. The van der Waals surface area contributed by atoms with Crippen molar-refractivity contribution in [2.24, 2.45) is 7.05 Å². The highest BCUT2D eigenvalue weighted by atomic mass is 79.9. The van der Waals surface area contributed by atoms with Crippen LogP contribution in [0, 0.1) is 6.92 Å². The van der Waals surface area contributed by atoms with Crippen molar-refractivity contribution in [3.05, 3.63) is 50.7 Å².